The highest BCUT2D eigenvalue weighted by Crippen LogP contribution is 2.37. The Labute approximate surface area is 449 Å². The summed E-state index contributed by atoms with van der Waals surface area (Å²) < 4.78 is 44.5. The first kappa shape index (κ1) is 53.9. The summed E-state index contributed by atoms with van der Waals surface area (Å²) in [6.07, 6.45) is 5.22. The Morgan fingerprint density at radius 1 is 0.987 bits per heavy atom. The quantitative estimate of drug-likeness (QED) is 0.0606. The zero-order valence-electron chi connectivity index (χ0n) is 44.1. The minimum Gasteiger partial charge on any atom is -0.462 e. The van der Waals surface area contributed by atoms with E-state index in [0.717, 1.165) is 53.9 Å². The number of amides is 3. The Hall–Kier alpha value is -6.52. The fraction of sp³-hybridized carbons (Fsp3) is 0.500. The molecule has 4 aromatic heterocycles. The Balaban J connectivity index is 0.725. The van der Waals surface area contributed by atoms with E-state index in [1.165, 1.54) is 29.3 Å². The number of aliphatic hydroxyl groups is 1. The number of rotatable bonds is 18. The molecule has 10 rings (SSSR count). The van der Waals surface area contributed by atoms with Gasteiger partial charge in [-0.25, -0.2) is 13.8 Å². The fourth-order valence-electron chi connectivity index (χ4n) is 11.4. The number of aryl methyl sites for hydroxylation is 1. The lowest BCUT2D eigenvalue weighted by atomic mass is 9.85. The Morgan fingerprint density at radius 2 is 1.77 bits per heavy atom. The molecule has 2 unspecified atom stereocenters. The second-order valence-electron chi connectivity index (χ2n) is 22.0. The minimum atomic E-state index is -0.963. The van der Waals surface area contributed by atoms with Crippen LogP contribution in [0.3, 0.4) is 0 Å². The van der Waals surface area contributed by atoms with Gasteiger partial charge in [0.15, 0.2) is 5.82 Å². The minimum absolute atomic E-state index is 0.00471. The lowest BCUT2D eigenvalue weighted by Gasteiger charge is -2.35. The summed E-state index contributed by atoms with van der Waals surface area (Å²) >= 11 is 1.57. The van der Waals surface area contributed by atoms with Gasteiger partial charge in [-0.05, 0) is 80.5 Å². The van der Waals surface area contributed by atoms with Gasteiger partial charge in [0.25, 0.3) is 0 Å². The van der Waals surface area contributed by atoms with Gasteiger partial charge in [-0.3, -0.25) is 29.1 Å². The topological polar surface area (TPSA) is 220 Å². The van der Waals surface area contributed by atoms with Crippen molar-refractivity contribution in [1.82, 2.24) is 50.7 Å². The monoisotopic (exact) mass is 1080 g/mol. The highest BCUT2D eigenvalue weighted by atomic mass is 32.1. The number of nitrogens with zero attached hydrogens (tertiary/aromatic N) is 7. The van der Waals surface area contributed by atoms with Gasteiger partial charge in [-0.2, -0.15) is 9.97 Å². The Kier molecular flexibility index (Phi) is 16.0. The van der Waals surface area contributed by atoms with Crippen LogP contribution in [-0.2, 0) is 19.1 Å². The van der Waals surface area contributed by atoms with Gasteiger partial charge < -0.3 is 45.3 Å². The number of carbonyl (C=O) groups excluding carboxylic acids is 3. The third-order valence-corrected chi connectivity index (χ3v) is 16.4. The van der Waals surface area contributed by atoms with Crippen LogP contribution in [0.1, 0.15) is 89.9 Å². The second-order valence-corrected chi connectivity index (χ2v) is 22.9. The number of hydrogen-bond acceptors (Lipinski definition) is 15. The number of likely N-dealkylation sites (tertiary alicyclic amines) is 2. The predicted octanol–water partition coefficient (Wildman–Crippen LogP) is 6.19. The van der Waals surface area contributed by atoms with Crippen LogP contribution in [0.2, 0.25) is 0 Å². The van der Waals surface area contributed by atoms with Crippen LogP contribution in [0, 0.1) is 24.0 Å². The standard InChI is InChI=1S/C56H67F2N11O7S/c1-31(33-12-14-34(15-13-33)50-32(2)60-30-77-50)61-53(73)42-24-39(70)28-69(42)54(74)51(56(3,4)5)64-43(71)18-22-75-21-8-20-67-19-7-10-38(67)29-76-55-65-47-40(52(66-55)68-26-36-16-17-37(27-68)62-36)25-59-49(46(47)58)48-45-35(23-44(72)63-48)9-6-11-41(45)57/h6,9,11-15,23,25,30-31,36-39,42,51,62,70H,7-8,10,16-22,24,26-29H2,1-5H3,(H,61,73)(H,63,72)(H,64,71)/t31-,36?,37?,38-,39+,42-,51+/m0/s1. The van der Waals surface area contributed by atoms with Gasteiger partial charge >= 0.3 is 6.01 Å². The molecule has 5 N–H and O–H groups in total. The molecule has 0 spiro atoms. The van der Waals surface area contributed by atoms with Crippen LogP contribution in [0.15, 0.2) is 65.0 Å². The smallest absolute Gasteiger partial charge is 0.319 e. The van der Waals surface area contributed by atoms with E-state index in [2.05, 4.69) is 45.7 Å². The summed E-state index contributed by atoms with van der Waals surface area (Å²) in [7, 11) is 0. The number of H-pyrrole nitrogens is 1. The molecule has 2 bridgehead atoms. The van der Waals surface area contributed by atoms with Crippen LogP contribution in [0.25, 0.3) is 43.5 Å². The first-order valence-corrected chi connectivity index (χ1v) is 27.6. The van der Waals surface area contributed by atoms with Crippen molar-refractivity contribution in [2.24, 2.45) is 5.41 Å². The fourth-order valence-corrected chi connectivity index (χ4v) is 12.2. The van der Waals surface area contributed by atoms with Gasteiger partial charge in [0.2, 0.25) is 23.3 Å². The average molecular weight is 1080 g/mol. The molecule has 4 saturated heterocycles. The van der Waals surface area contributed by atoms with E-state index in [1.54, 1.807) is 17.4 Å². The first-order valence-electron chi connectivity index (χ1n) is 26.7. The largest absolute Gasteiger partial charge is 0.462 e. The SMILES string of the molecule is Cc1ncsc1-c1ccc([C@H](C)NC(=O)[C@@H]2C[C@@H](O)CN2C(=O)[C@@H](NC(=O)CCOCCCN2CCC[C@H]2COc2nc(N3CC4CCC(C3)N4)c3cnc(-c4[nH]c(=O)cc5cccc(F)c45)c(F)c3n2)C(C)(C)C)cc1. The van der Waals surface area contributed by atoms with Crippen molar-refractivity contribution in [2.45, 2.75) is 122 Å². The van der Waals surface area contributed by atoms with Gasteiger partial charge in [-0.1, -0.05) is 57.2 Å². The number of carbonyl (C=O) groups is 3. The summed E-state index contributed by atoms with van der Waals surface area (Å²) in [6.45, 7) is 13.0. The van der Waals surface area contributed by atoms with Crippen LogP contribution in [0.4, 0.5) is 14.6 Å². The molecule has 4 aliphatic heterocycles. The number of β-amino-alcohol motifs (C(OH)–C–C–N with tert-alkyl or cyclic N) is 1. The molecule has 0 aliphatic carbocycles. The van der Waals surface area contributed by atoms with E-state index < -0.39 is 46.7 Å². The molecule has 77 heavy (non-hydrogen) atoms. The number of piperazine rings is 1. The van der Waals surface area contributed by atoms with Gasteiger partial charge in [0.05, 0.1) is 45.9 Å². The number of aliphatic hydroxyl groups excluding tert-OH is 1. The molecule has 4 fully saturated rings. The van der Waals surface area contributed by atoms with Crippen molar-refractivity contribution in [1.29, 1.82) is 0 Å². The molecule has 18 nitrogen and oxygen atoms in total. The normalized spacial score (nSPS) is 21.5. The molecule has 0 radical (unpaired) electrons. The summed E-state index contributed by atoms with van der Waals surface area (Å²) in [4.78, 5) is 81.8. The van der Waals surface area contributed by atoms with Crippen molar-refractivity contribution in [2.75, 3.05) is 57.4 Å². The van der Waals surface area contributed by atoms with Crippen molar-refractivity contribution in [3.63, 3.8) is 0 Å². The highest BCUT2D eigenvalue weighted by molar-refractivity contribution is 7.13. The van der Waals surface area contributed by atoms with Gasteiger partial charge in [-0.15, -0.1) is 11.3 Å². The van der Waals surface area contributed by atoms with E-state index >= 15 is 8.78 Å². The van der Waals surface area contributed by atoms with E-state index in [-0.39, 0.29) is 96.9 Å². The number of hydrogen-bond donors (Lipinski definition) is 5. The van der Waals surface area contributed by atoms with Crippen molar-refractivity contribution in [3.05, 3.63) is 93.5 Å². The van der Waals surface area contributed by atoms with Crippen molar-refractivity contribution < 1.29 is 37.7 Å². The molecular formula is C56H67F2N11O7S. The maximum atomic E-state index is 16.9. The van der Waals surface area contributed by atoms with E-state index in [9.17, 15) is 24.3 Å². The number of anilines is 1. The molecular weight excluding hydrogens is 1010 g/mol. The number of aromatic amines is 1. The number of thiazole rings is 1. The van der Waals surface area contributed by atoms with Crippen LogP contribution in [0.5, 0.6) is 6.01 Å². The van der Waals surface area contributed by atoms with Crippen LogP contribution < -0.4 is 31.1 Å². The summed E-state index contributed by atoms with van der Waals surface area (Å²) in [5.41, 5.74) is 3.10. The molecule has 8 heterocycles. The summed E-state index contributed by atoms with van der Waals surface area (Å²) in [5.74, 6) is -2.13. The maximum absolute atomic E-state index is 16.9. The molecule has 21 heteroatoms. The van der Waals surface area contributed by atoms with Crippen molar-refractivity contribution in [3.8, 4) is 27.8 Å². The summed E-state index contributed by atoms with van der Waals surface area (Å²) in [6, 6.07) is 11.8. The number of fused-ring (bicyclic) bond motifs is 4. The number of nitrogens with one attached hydrogen (secondary N) is 4. The van der Waals surface area contributed by atoms with E-state index in [4.69, 9.17) is 14.5 Å². The lowest BCUT2D eigenvalue weighted by Crippen LogP contribution is -2.58. The van der Waals surface area contributed by atoms with Crippen molar-refractivity contribution >= 4 is 56.6 Å². The molecule has 2 aromatic carbocycles. The van der Waals surface area contributed by atoms with Crippen LogP contribution in [-0.4, -0.2) is 146 Å². The Morgan fingerprint density at radius 3 is 2.51 bits per heavy atom. The average Bonchev–Trinajstić information content (AvgIpc) is 4.23. The number of halogens is 2. The predicted molar refractivity (Wildman–Crippen MR) is 289 cm³/mol. The molecule has 7 atom stereocenters. The van der Waals surface area contributed by atoms with Gasteiger partial charge in [0, 0.05) is 81.4 Å². The van der Waals surface area contributed by atoms with Crippen LogP contribution >= 0.6 is 11.3 Å². The summed E-state index contributed by atoms with van der Waals surface area (Å²) in [5, 5.41) is 21.0. The van der Waals surface area contributed by atoms with E-state index in [1.807, 2.05) is 64.4 Å². The number of benzene rings is 2. The molecule has 4 aliphatic rings. The maximum Gasteiger partial charge on any atom is 0.319 e. The zero-order chi connectivity index (χ0) is 54.1. The molecule has 0 saturated carbocycles. The van der Waals surface area contributed by atoms with Gasteiger partial charge in [0.1, 0.15) is 41.5 Å². The number of aromatic nitrogens is 5. The zero-order valence-corrected chi connectivity index (χ0v) is 44.9. The second kappa shape index (κ2) is 22.8. The molecule has 408 valence electrons. The highest BCUT2D eigenvalue weighted by Gasteiger charge is 2.45. The molecule has 6 aromatic rings. The third-order valence-electron chi connectivity index (χ3n) is 15.4. The molecule has 3 amide bonds. The lowest BCUT2D eigenvalue weighted by molar-refractivity contribution is -0.144. The number of ether oxygens (including phenoxy) is 2. The first-order chi connectivity index (χ1) is 37.0. The third kappa shape index (κ3) is 11.8. The van der Waals surface area contributed by atoms with E-state index in [0.29, 0.717) is 49.3 Å². The number of pyridine rings is 2. The Bertz CT molecular complexity index is 3200.